The fraction of sp³-hybridized carbons (Fsp3) is 0.250. The van der Waals surface area contributed by atoms with Crippen molar-refractivity contribution in [2.75, 3.05) is 34.0 Å². The summed E-state index contributed by atoms with van der Waals surface area (Å²) in [5.74, 6) is 0.335. The Hall–Kier alpha value is -3.37. The third kappa shape index (κ3) is 6.12. The molecule has 0 N–H and O–H groups in total. The zero-order valence-corrected chi connectivity index (χ0v) is 23.9. The van der Waals surface area contributed by atoms with Gasteiger partial charge < -0.3 is 18.9 Å². The molecule has 2 heterocycles. The second-order valence-corrected chi connectivity index (χ2v) is 10.2. The van der Waals surface area contributed by atoms with Crippen molar-refractivity contribution in [1.82, 2.24) is 4.57 Å². The fourth-order valence-electron chi connectivity index (χ4n) is 4.08. The molecule has 0 amide bonds. The first-order valence-corrected chi connectivity index (χ1v) is 13.4. The molecule has 1 aromatic heterocycles. The number of hydrogen-bond donors (Lipinski definition) is 0. The topological polar surface area (TPSA) is 88.4 Å². The van der Waals surface area contributed by atoms with E-state index in [1.165, 1.54) is 30.1 Å². The Morgan fingerprint density at radius 2 is 1.95 bits per heavy atom. The molecule has 1 aliphatic rings. The standard InChI is InChI=1S/C28H26Cl2N2O6S/c1-5-10-37-21-9-7-18(13-22(21)36-4)25-24(27(34)38-12-11-35-3)16(2)31-28-32(25)26(33)23(39-28)14-17-6-8-19(29)15-20(17)30/h5-9,13-15,25H,1,10-12H2,2-4H3. The highest BCUT2D eigenvalue weighted by Gasteiger charge is 2.34. The quantitative estimate of drug-likeness (QED) is 0.199. The van der Waals surface area contributed by atoms with Crippen molar-refractivity contribution < 1.29 is 23.7 Å². The second kappa shape index (κ2) is 12.7. The van der Waals surface area contributed by atoms with Crippen molar-refractivity contribution in [2.24, 2.45) is 4.99 Å². The zero-order valence-electron chi connectivity index (χ0n) is 21.5. The van der Waals surface area contributed by atoms with Crippen molar-refractivity contribution in [3.05, 3.63) is 101 Å². The number of nitrogens with zero attached hydrogens (tertiary/aromatic N) is 2. The maximum absolute atomic E-state index is 13.8. The molecule has 0 fully saturated rings. The van der Waals surface area contributed by atoms with Crippen molar-refractivity contribution in [1.29, 1.82) is 0 Å². The summed E-state index contributed by atoms with van der Waals surface area (Å²) in [5.41, 5.74) is 1.57. The van der Waals surface area contributed by atoms with Crippen LogP contribution in [-0.4, -0.2) is 44.6 Å². The maximum atomic E-state index is 13.8. The Morgan fingerprint density at radius 3 is 2.64 bits per heavy atom. The molecule has 1 atom stereocenters. The van der Waals surface area contributed by atoms with Gasteiger partial charge in [0.05, 0.1) is 35.6 Å². The minimum Gasteiger partial charge on any atom is -0.493 e. The predicted molar refractivity (Wildman–Crippen MR) is 152 cm³/mol. The summed E-state index contributed by atoms with van der Waals surface area (Å²) in [7, 11) is 3.03. The second-order valence-electron chi connectivity index (χ2n) is 8.39. The molecule has 4 rings (SSSR count). The zero-order chi connectivity index (χ0) is 28.1. The van der Waals surface area contributed by atoms with Crippen molar-refractivity contribution >= 4 is 46.6 Å². The number of allylic oxidation sites excluding steroid dienone is 1. The average molecular weight is 589 g/mol. The summed E-state index contributed by atoms with van der Waals surface area (Å²) in [4.78, 5) is 32.2. The molecule has 0 bridgehead atoms. The Morgan fingerprint density at radius 1 is 1.15 bits per heavy atom. The lowest BCUT2D eigenvalue weighted by Crippen LogP contribution is -2.40. The van der Waals surface area contributed by atoms with Crippen LogP contribution in [0.1, 0.15) is 24.1 Å². The minimum atomic E-state index is -0.832. The first-order valence-electron chi connectivity index (χ1n) is 11.8. The van der Waals surface area contributed by atoms with Gasteiger partial charge in [-0.3, -0.25) is 9.36 Å². The van der Waals surface area contributed by atoms with E-state index >= 15 is 0 Å². The molecule has 0 aliphatic carbocycles. The molecule has 0 radical (unpaired) electrons. The average Bonchev–Trinajstić information content (AvgIpc) is 3.22. The summed E-state index contributed by atoms with van der Waals surface area (Å²) < 4.78 is 23.6. The number of halogens is 2. The molecule has 2 aromatic carbocycles. The lowest BCUT2D eigenvalue weighted by atomic mass is 9.95. The van der Waals surface area contributed by atoms with E-state index in [0.717, 1.165) is 0 Å². The molecule has 0 saturated carbocycles. The third-order valence-corrected chi connectivity index (χ3v) is 7.42. The highest BCUT2D eigenvalue weighted by atomic mass is 35.5. The summed E-state index contributed by atoms with van der Waals surface area (Å²) in [6.07, 6.45) is 3.31. The van der Waals surface area contributed by atoms with Crippen LogP contribution < -0.4 is 24.4 Å². The molecular formula is C28H26Cl2N2O6S. The number of rotatable bonds is 10. The van der Waals surface area contributed by atoms with Gasteiger partial charge in [-0.05, 0) is 48.4 Å². The van der Waals surface area contributed by atoms with Crippen LogP contribution in [0.15, 0.2) is 70.1 Å². The number of aromatic nitrogens is 1. The van der Waals surface area contributed by atoms with Crippen LogP contribution in [0, 0.1) is 0 Å². The number of ether oxygens (including phenoxy) is 4. The van der Waals surface area contributed by atoms with Gasteiger partial charge in [-0.25, -0.2) is 9.79 Å². The van der Waals surface area contributed by atoms with E-state index < -0.39 is 12.0 Å². The molecule has 204 valence electrons. The van der Waals surface area contributed by atoms with E-state index in [1.807, 2.05) is 0 Å². The van der Waals surface area contributed by atoms with Gasteiger partial charge in [0, 0.05) is 17.2 Å². The minimum absolute atomic E-state index is 0.0516. The summed E-state index contributed by atoms with van der Waals surface area (Å²) >= 11 is 13.6. The van der Waals surface area contributed by atoms with Crippen LogP contribution in [0.2, 0.25) is 10.0 Å². The number of benzene rings is 2. The van der Waals surface area contributed by atoms with Crippen LogP contribution in [0.3, 0.4) is 0 Å². The van der Waals surface area contributed by atoms with Crippen LogP contribution in [-0.2, 0) is 14.3 Å². The number of carbonyl (C=O) groups excluding carboxylic acids is 1. The van der Waals surface area contributed by atoms with E-state index in [4.69, 9.17) is 42.1 Å². The molecule has 3 aromatic rings. The van der Waals surface area contributed by atoms with Gasteiger partial charge in [0.2, 0.25) is 0 Å². The summed E-state index contributed by atoms with van der Waals surface area (Å²) in [6.45, 7) is 5.95. The number of methoxy groups -OCH3 is 2. The third-order valence-electron chi connectivity index (χ3n) is 5.87. The Kier molecular flexibility index (Phi) is 9.29. The van der Waals surface area contributed by atoms with Crippen molar-refractivity contribution in [2.45, 2.75) is 13.0 Å². The molecule has 0 saturated heterocycles. The number of thiazole rings is 1. The van der Waals surface area contributed by atoms with Gasteiger partial charge in [-0.2, -0.15) is 0 Å². The van der Waals surface area contributed by atoms with Gasteiger partial charge >= 0.3 is 5.97 Å². The number of hydrogen-bond acceptors (Lipinski definition) is 8. The Bertz CT molecular complexity index is 1630. The van der Waals surface area contributed by atoms with Gasteiger partial charge in [0.15, 0.2) is 16.3 Å². The van der Waals surface area contributed by atoms with E-state index in [2.05, 4.69) is 11.6 Å². The lowest BCUT2D eigenvalue weighted by Gasteiger charge is -2.25. The fourth-order valence-corrected chi connectivity index (χ4v) is 5.58. The summed E-state index contributed by atoms with van der Waals surface area (Å²) in [5, 5.41) is 0.892. The molecular weight excluding hydrogens is 563 g/mol. The smallest absolute Gasteiger partial charge is 0.338 e. The molecule has 1 unspecified atom stereocenters. The molecule has 11 heteroatoms. The van der Waals surface area contributed by atoms with E-state index in [1.54, 1.807) is 55.5 Å². The molecule has 0 spiro atoms. The van der Waals surface area contributed by atoms with Gasteiger partial charge in [0.1, 0.15) is 13.2 Å². The van der Waals surface area contributed by atoms with Crippen molar-refractivity contribution in [3.63, 3.8) is 0 Å². The number of esters is 1. The maximum Gasteiger partial charge on any atom is 0.338 e. The molecule has 8 nitrogen and oxygen atoms in total. The SMILES string of the molecule is C=CCOc1ccc(C2C(C(=O)OCCOC)=C(C)N=c3sc(=Cc4ccc(Cl)cc4Cl)c(=O)n32)cc1OC. The highest BCUT2D eigenvalue weighted by Crippen LogP contribution is 2.36. The van der Waals surface area contributed by atoms with Crippen LogP contribution in [0.4, 0.5) is 0 Å². The molecule has 39 heavy (non-hydrogen) atoms. The number of fused-ring (bicyclic) bond motifs is 1. The monoisotopic (exact) mass is 588 g/mol. The normalized spacial score (nSPS) is 15.0. The largest absolute Gasteiger partial charge is 0.493 e. The summed E-state index contributed by atoms with van der Waals surface area (Å²) in [6, 6.07) is 9.44. The van der Waals surface area contributed by atoms with Crippen LogP contribution in [0.25, 0.3) is 6.08 Å². The first-order chi connectivity index (χ1) is 18.8. The Balaban J connectivity index is 1.91. The van der Waals surface area contributed by atoms with Gasteiger partial charge in [-0.15, -0.1) is 0 Å². The van der Waals surface area contributed by atoms with Gasteiger partial charge in [-0.1, -0.05) is 59.3 Å². The predicted octanol–water partition coefficient (Wildman–Crippen LogP) is 4.31. The van der Waals surface area contributed by atoms with Crippen LogP contribution in [0.5, 0.6) is 11.5 Å². The van der Waals surface area contributed by atoms with E-state index in [9.17, 15) is 9.59 Å². The van der Waals surface area contributed by atoms with E-state index in [-0.39, 0.29) is 31.0 Å². The number of carbonyl (C=O) groups is 1. The van der Waals surface area contributed by atoms with Gasteiger partial charge in [0.25, 0.3) is 5.56 Å². The van der Waals surface area contributed by atoms with E-state index in [0.29, 0.717) is 47.7 Å². The first kappa shape index (κ1) is 28.6. The Labute approximate surface area is 239 Å². The molecule has 1 aliphatic heterocycles. The van der Waals surface area contributed by atoms with Crippen LogP contribution >= 0.6 is 34.5 Å². The van der Waals surface area contributed by atoms with Crippen molar-refractivity contribution in [3.8, 4) is 11.5 Å². The lowest BCUT2D eigenvalue weighted by molar-refractivity contribution is -0.140. The highest BCUT2D eigenvalue weighted by molar-refractivity contribution is 7.07.